The van der Waals surface area contributed by atoms with Gasteiger partial charge in [0.1, 0.15) is 0 Å². The lowest BCUT2D eigenvalue weighted by molar-refractivity contribution is 0.0951. The number of rotatable bonds is 1. The molecule has 0 bridgehead atoms. The third kappa shape index (κ3) is 2.11. The molecule has 4 nitrogen and oxygen atoms in total. The molecule has 96 valence electrons. The van der Waals surface area contributed by atoms with E-state index in [4.69, 9.17) is 0 Å². The lowest BCUT2D eigenvalue weighted by atomic mass is 9.88. The fourth-order valence-electron chi connectivity index (χ4n) is 2.87. The van der Waals surface area contributed by atoms with Crippen molar-refractivity contribution in [3.63, 3.8) is 0 Å². The van der Waals surface area contributed by atoms with Gasteiger partial charge in [-0.2, -0.15) is 0 Å². The third-order valence-electron chi connectivity index (χ3n) is 3.87. The first kappa shape index (κ1) is 11.6. The molecule has 0 saturated carbocycles. The standard InChI is InChI=1S/C14H19N3O/c1-10-7-12-11(13(18)8-10)9-15-14(16-12)17-5-3-2-4-6-17/h9-10H,2-8H2,1H3/t10-/m0/s1. The van der Waals surface area contributed by atoms with Crippen molar-refractivity contribution < 1.29 is 4.79 Å². The van der Waals surface area contributed by atoms with Crippen molar-refractivity contribution in [1.82, 2.24) is 9.97 Å². The van der Waals surface area contributed by atoms with Crippen LogP contribution in [0, 0.1) is 5.92 Å². The van der Waals surface area contributed by atoms with Crippen LogP contribution in [-0.2, 0) is 6.42 Å². The van der Waals surface area contributed by atoms with Crippen LogP contribution in [0.1, 0.15) is 48.7 Å². The minimum Gasteiger partial charge on any atom is -0.341 e. The number of hydrogen-bond donors (Lipinski definition) is 0. The van der Waals surface area contributed by atoms with Crippen molar-refractivity contribution in [2.45, 2.75) is 39.0 Å². The maximum Gasteiger partial charge on any atom is 0.225 e. The molecule has 0 aromatic carbocycles. The normalized spacial score (nSPS) is 23.9. The van der Waals surface area contributed by atoms with Gasteiger partial charge in [0.05, 0.1) is 11.3 Å². The van der Waals surface area contributed by atoms with Gasteiger partial charge in [0, 0.05) is 25.7 Å². The molecule has 3 rings (SSSR count). The Bertz CT molecular complexity index is 466. The van der Waals surface area contributed by atoms with E-state index in [2.05, 4.69) is 21.8 Å². The third-order valence-corrected chi connectivity index (χ3v) is 3.87. The van der Waals surface area contributed by atoms with Gasteiger partial charge in [-0.3, -0.25) is 4.79 Å². The van der Waals surface area contributed by atoms with E-state index in [-0.39, 0.29) is 5.78 Å². The van der Waals surface area contributed by atoms with Crippen LogP contribution in [0.25, 0.3) is 0 Å². The largest absolute Gasteiger partial charge is 0.341 e. The summed E-state index contributed by atoms with van der Waals surface area (Å²) >= 11 is 0. The number of ketones is 1. The van der Waals surface area contributed by atoms with E-state index in [1.165, 1.54) is 19.3 Å². The Morgan fingerprint density at radius 2 is 2.00 bits per heavy atom. The second kappa shape index (κ2) is 4.67. The minimum absolute atomic E-state index is 0.203. The van der Waals surface area contributed by atoms with Gasteiger partial charge in [0.25, 0.3) is 0 Å². The van der Waals surface area contributed by atoms with Crippen molar-refractivity contribution in [3.05, 3.63) is 17.5 Å². The molecular formula is C14H19N3O. The van der Waals surface area contributed by atoms with Gasteiger partial charge in [-0.05, 0) is 31.6 Å². The molecule has 1 saturated heterocycles. The quantitative estimate of drug-likeness (QED) is 0.761. The second-order valence-corrected chi connectivity index (χ2v) is 5.51. The molecule has 0 radical (unpaired) electrons. The van der Waals surface area contributed by atoms with E-state index in [1.807, 2.05) is 0 Å². The molecule has 0 unspecified atom stereocenters. The number of hydrogen-bond acceptors (Lipinski definition) is 4. The average molecular weight is 245 g/mol. The smallest absolute Gasteiger partial charge is 0.225 e. The Kier molecular flexibility index (Phi) is 3.02. The van der Waals surface area contributed by atoms with Crippen LogP contribution in [0.3, 0.4) is 0 Å². The summed E-state index contributed by atoms with van der Waals surface area (Å²) in [6.07, 6.45) is 7.02. The number of Topliss-reactive ketones (excluding diaryl/α,β-unsaturated/α-hetero) is 1. The molecule has 1 aliphatic carbocycles. The zero-order valence-corrected chi connectivity index (χ0v) is 10.9. The zero-order valence-electron chi connectivity index (χ0n) is 10.9. The summed E-state index contributed by atoms with van der Waals surface area (Å²) in [5.41, 5.74) is 1.70. The van der Waals surface area contributed by atoms with Gasteiger partial charge in [-0.15, -0.1) is 0 Å². The van der Waals surface area contributed by atoms with E-state index in [0.29, 0.717) is 12.3 Å². The molecule has 1 aromatic rings. The predicted octanol–water partition coefficient (Wildman–Crippen LogP) is 2.23. The number of nitrogens with zero attached hydrogens (tertiary/aromatic N) is 3. The molecule has 18 heavy (non-hydrogen) atoms. The van der Waals surface area contributed by atoms with Crippen molar-refractivity contribution >= 4 is 11.7 Å². The Labute approximate surface area is 107 Å². The highest BCUT2D eigenvalue weighted by atomic mass is 16.1. The molecule has 1 atom stereocenters. The Morgan fingerprint density at radius 1 is 1.22 bits per heavy atom. The highest BCUT2D eigenvalue weighted by Gasteiger charge is 2.25. The number of carbonyl (C=O) groups excluding carboxylic acids is 1. The lowest BCUT2D eigenvalue weighted by Crippen LogP contribution is -2.32. The number of carbonyl (C=O) groups is 1. The first-order valence-electron chi connectivity index (χ1n) is 6.88. The molecular weight excluding hydrogens is 226 g/mol. The van der Waals surface area contributed by atoms with Gasteiger partial charge in [-0.25, -0.2) is 9.97 Å². The predicted molar refractivity (Wildman–Crippen MR) is 69.9 cm³/mol. The molecule has 2 aliphatic rings. The van der Waals surface area contributed by atoms with Crippen LogP contribution in [0.5, 0.6) is 0 Å². The summed E-state index contributed by atoms with van der Waals surface area (Å²) in [6.45, 7) is 4.20. The highest BCUT2D eigenvalue weighted by molar-refractivity contribution is 5.98. The average Bonchev–Trinajstić information content (AvgIpc) is 2.39. The van der Waals surface area contributed by atoms with Crippen molar-refractivity contribution in [2.24, 2.45) is 5.92 Å². The van der Waals surface area contributed by atoms with Crippen LogP contribution in [-0.4, -0.2) is 28.8 Å². The summed E-state index contributed by atoms with van der Waals surface area (Å²) in [5, 5.41) is 0. The molecule has 0 spiro atoms. The first-order valence-corrected chi connectivity index (χ1v) is 6.88. The van der Waals surface area contributed by atoms with Crippen molar-refractivity contribution in [2.75, 3.05) is 18.0 Å². The van der Waals surface area contributed by atoms with Crippen LogP contribution in [0.15, 0.2) is 6.20 Å². The summed E-state index contributed by atoms with van der Waals surface area (Å²) in [5.74, 6) is 1.43. The molecule has 2 heterocycles. The number of fused-ring (bicyclic) bond motifs is 1. The van der Waals surface area contributed by atoms with Crippen molar-refractivity contribution in [1.29, 1.82) is 0 Å². The molecule has 4 heteroatoms. The van der Waals surface area contributed by atoms with Crippen LogP contribution in [0.4, 0.5) is 5.95 Å². The summed E-state index contributed by atoms with van der Waals surface area (Å²) in [7, 11) is 0. The molecule has 1 fully saturated rings. The van der Waals surface area contributed by atoms with Gasteiger partial charge in [0.2, 0.25) is 5.95 Å². The fraction of sp³-hybridized carbons (Fsp3) is 0.643. The molecule has 1 aliphatic heterocycles. The van der Waals surface area contributed by atoms with E-state index < -0.39 is 0 Å². The molecule has 0 N–H and O–H groups in total. The minimum atomic E-state index is 0.203. The Morgan fingerprint density at radius 3 is 2.78 bits per heavy atom. The van der Waals surface area contributed by atoms with E-state index in [9.17, 15) is 4.79 Å². The SMILES string of the molecule is C[C@@H]1CC(=O)c2cnc(N3CCCCC3)nc2C1. The number of piperidine rings is 1. The molecule has 0 amide bonds. The zero-order chi connectivity index (χ0) is 12.5. The maximum absolute atomic E-state index is 11.9. The fourth-order valence-corrected chi connectivity index (χ4v) is 2.87. The summed E-state index contributed by atoms with van der Waals surface area (Å²) in [4.78, 5) is 23.2. The number of aromatic nitrogens is 2. The van der Waals surface area contributed by atoms with Gasteiger partial charge < -0.3 is 4.90 Å². The van der Waals surface area contributed by atoms with Crippen molar-refractivity contribution in [3.8, 4) is 0 Å². The Balaban J connectivity index is 1.90. The first-order chi connectivity index (χ1) is 8.74. The monoisotopic (exact) mass is 245 g/mol. The van der Waals surface area contributed by atoms with Gasteiger partial charge in [-0.1, -0.05) is 6.92 Å². The van der Waals surface area contributed by atoms with E-state index in [1.54, 1.807) is 6.20 Å². The van der Waals surface area contributed by atoms with Crippen LogP contribution in [0.2, 0.25) is 0 Å². The maximum atomic E-state index is 11.9. The Hall–Kier alpha value is -1.45. The topological polar surface area (TPSA) is 46.1 Å². The number of anilines is 1. The highest BCUT2D eigenvalue weighted by Crippen LogP contribution is 2.25. The lowest BCUT2D eigenvalue weighted by Gasteiger charge is -2.28. The van der Waals surface area contributed by atoms with Crippen LogP contribution < -0.4 is 4.90 Å². The van der Waals surface area contributed by atoms with E-state index in [0.717, 1.165) is 36.7 Å². The van der Waals surface area contributed by atoms with Gasteiger partial charge >= 0.3 is 0 Å². The van der Waals surface area contributed by atoms with E-state index >= 15 is 0 Å². The summed E-state index contributed by atoms with van der Waals surface area (Å²) < 4.78 is 0. The second-order valence-electron chi connectivity index (χ2n) is 5.51. The summed E-state index contributed by atoms with van der Waals surface area (Å²) in [6, 6.07) is 0. The molecule has 1 aromatic heterocycles. The van der Waals surface area contributed by atoms with Gasteiger partial charge in [0.15, 0.2) is 5.78 Å². The van der Waals surface area contributed by atoms with Crippen LogP contribution >= 0.6 is 0 Å².